The third-order valence-electron chi connectivity index (χ3n) is 3.41. The van der Waals surface area contributed by atoms with Crippen molar-refractivity contribution in [2.75, 3.05) is 0 Å². The molecule has 130 valence electrons. The molecule has 2 aromatic heterocycles. The first-order valence-corrected chi connectivity index (χ1v) is 8.39. The molecule has 7 nitrogen and oxygen atoms in total. The molecule has 25 heavy (non-hydrogen) atoms. The maximum Gasteiger partial charge on any atom is 0.243 e. The smallest absolute Gasteiger partial charge is 0.243 e. The second-order valence-corrected chi connectivity index (χ2v) is 6.54. The van der Waals surface area contributed by atoms with Crippen molar-refractivity contribution in [2.24, 2.45) is 5.14 Å². The summed E-state index contributed by atoms with van der Waals surface area (Å²) in [7, 11) is -4.58. The van der Waals surface area contributed by atoms with E-state index in [1.807, 2.05) is 0 Å². The second kappa shape index (κ2) is 6.31. The molecule has 0 radical (unpaired) electrons. The summed E-state index contributed by atoms with van der Waals surface area (Å²) in [5.74, 6) is -2.76. The van der Waals surface area contributed by atoms with Gasteiger partial charge in [0.25, 0.3) is 0 Å². The van der Waals surface area contributed by atoms with Crippen molar-refractivity contribution in [1.29, 1.82) is 0 Å². The van der Waals surface area contributed by atoms with Crippen molar-refractivity contribution in [3.63, 3.8) is 0 Å². The Hall–Kier alpha value is -2.69. The number of sulfonamides is 1. The lowest BCUT2D eigenvalue weighted by Gasteiger charge is -2.08. The fraction of sp³-hybridized carbons (Fsp3) is 0.0667. The van der Waals surface area contributed by atoms with E-state index in [1.165, 1.54) is 12.4 Å². The summed E-state index contributed by atoms with van der Waals surface area (Å²) in [6.07, 6.45) is 2.98. The quantitative estimate of drug-likeness (QED) is 0.726. The first-order valence-electron chi connectivity index (χ1n) is 6.85. The van der Waals surface area contributed by atoms with Crippen molar-refractivity contribution in [2.45, 2.75) is 11.5 Å². The van der Waals surface area contributed by atoms with Crippen molar-refractivity contribution in [3.8, 4) is 22.4 Å². The highest BCUT2D eigenvalue weighted by molar-refractivity contribution is 7.89. The molecule has 0 aliphatic carbocycles. The van der Waals surface area contributed by atoms with E-state index < -0.39 is 33.2 Å². The van der Waals surface area contributed by atoms with Crippen LogP contribution in [0, 0.1) is 11.6 Å². The lowest BCUT2D eigenvalue weighted by molar-refractivity contribution is 0.230. The number of primary sulfonamides is 1. The van der Waals surface area contributed by atoms with Crippen LogP contribution in [-0.4, -0.2) is 23.7 Å². The molecule has 0 spiro atoms. The van der Waals surface area contributed by atoms with Gasteiger partial charge in [-0.15, -0.1) is 0 Å². The number of nitrogens with zero attached hydrogens (tertiary/aromatic N) is 2. The molecule has 0 aliphatic heterocycles. The Labute approximate surface area is 140 Å². The van der Waals surface area contributed by atoms with Gasteiger partial charge in [0.15, 0.2) is 10.7 Å². The molecule has 3 rings (SSSR count). The topological polar surface area (TPSA) is 119 Å². The number of hydrogen-bond acceptors (Lipinski definition) is 6. The van der Waals surface area contributed by atoms with Crippen LogP contribution in [-0.2, 0) is 16.6 Å². The van der Waals surface area contributed by atoms with E-state index in [1.54, 1.807) is 12.1 Å². The zero-order chi connectivity index (χ0) is 18.2. The van der Waals surface area contributed by atoms with E-state index in [0.29, 0.717) is 5.56 Å². The highest BCUT2D eigenvalue weighted by Gasteiger charge is 2.25. The minimum atomic E-state index is -4.58. The Morgan fingerprint density at radius 1 is 1.20 bits per heavy atom. The zero-order valence-electron chi connectivity index (χ0n) is 12.5. The van der Waals surface area contributed by atoms with E-state index >= 15 is 0 Å². The molecule has 0 atom stereocenters. The van der Waals surface area contributed by atoms with Crippen molar-refractivity contribution < 1.29 is 26.8 Å². The summed E-state index contributed by atoms with van der Waals surface area (Å²) in [6, 6.07) is 4.83. The predicted molar refractivity (Wildman–Crippen MR) is 82.4 cm³/mol. The molecule has 3 aromatic rings. The molecule has 0 amide bonds. The number of pyridine rings is 1. The fourth-order valence-electron chi connectivity index (χ4n) is 2.41. The van der Waals surface area contributed by atoms with E-state index in [9.17, 15) is 22.3 Å². The number of aliphatic hydroxyl groups is 1. The molecule has 10 heteroatoms. The zero-order valence-corrected chi connectivity index (χ0v) is 13.3. The van der Waals surface area contributed by atoms with Gasteiger partial charge in [-0.1, -0.05) is 5.16 Å². The Kier molecular flexibility index (Phi) is 4.33. The summed E-state index contributed by atoms with van der Waals surface area (Å²) in [5, 5.41) is 18.0. The number of hydrogen-bond donors (Lipinski definition) is 2. The molecule has 2 heterocycles. The molecule has 0 unspecified atom stereocenters. The maximum absolute atomic E-state index is 14.1. The lowest BCUT2D eigenvalue weighted by Crippen LogP contribution is -2.16. The van der Waals surface area contributed by atoms with Crippen molar-refractivity contribution >= 4 is 10.0 Å². The van der Waals surface area contributed by atoms with Crippen LogP contribution in [0.1, 0.15) is 5.76 Å². The van der Waals surface area contributed by atoms with Gasteiger partial charge in [-0.05, 0) is 29.8 Å². The third kappa shape index (κ3) is 3.14. The monoisotopic (exact) mass is 367 g/mol. The summed E-state index contributed by atoms with van der Waals surface area (Å²) in [6.45, 7) is -0.581. The van der Waals surface area contributed by atoms with Crippen LogP contribution in [0.25, 0.3) is 22.4 Å². The van der Waals surface area contributed by atoms with E-state index in [4.69, 9.17) is 9.66 Å². The summed E-state index contributed by atoms with van der Waals surface area (Å²) < 4.78 is 55.9. The second-order valence-electron chi connectivity index (χ2n) is 5.04. The highest BCUT2D eigenvalue weighted by atomic mass is 32.2. The van der Waals surface area contributed by atoms with Crippen LogP contribution in [0.4, 0.5) is 8.78 Å². The average molecular weight is 367 g/mol. The van der Waals surface area contributed by atoms with Gasteiger partial charge in [-0.25, -0.2) is 22.3 Å². The number of rotatable bonds is 4. The normalized spacial score (nSPS) is 11.7. The molecule has 3 N–H and O–H groups in total. The molecule has 0 bridgehead atoms. The Morgan fingerprint density at radius 3 is 2.40 bits per heavy atom. The first kappa shape index (κ1) is 17.1. The number of benzene rings is 1. The van der Waals surface area contributed by atoms with Gasteiger partial charge in [0.05, 0.1) is 5.56 Å². The molecular weight excluding hydrogens is 356 g/mol. The minimum Gasteiger partial charge on any atom is -0.388 e. The van der Waals surface area contributed by atoms with Gasteiger partial charge in [0.2, 0.25) is 10.0 Å². The summed E-state index contributed by atoms with van der Waals surface area (Å²) >= 11 is 0. The van der Waals surface area contributed by atoms with Crippen LogP contribution in [0.5, 0.6) is 0 Å². The van der Waals surface area contributed by atoms with Crippen molar-refractivity contribution in [1.82, 2.24) is 10.1 Å². The van der Waals surface area contributed by atoms with Gasteiger partial charge in [0.1, 0.15) is 23.9 Å². The van der Waals surface area contributed by atoms with Gasteiger partial charge < -0.3 is 9.63 Å². The number of aliphatic hydroxyl groups excluding tert-OH is 1. The number of aromatic nitrogens is 2. The standard InChI is InChI=1S/C15H11F2N3O4S/c16-10-4-9(5-11(17)15(10)25(18,22)23)13-12(7-21)24-20-14(13)8-2-1-3-19-6-8/h1-6,21H,7H2,(H2,18,22,23). The van der Waals surface area contributed by atoms with E-state index in [0.717, 1.165) is 12.1 Å². The van der Waals surface area contributed by atoms with Crippen LogP contribution >= 0.6 is 0 Å². The minimum absolute atomic E-state index is 0.0407. The molecule has 0 aliphatic rings. The van der Waals surface area contributed by atoms with Gasteiger partial charge in [-0.3, -0.25) is 4.98 Å². The molecule has 1 aromatic carbocycles. The van der Waals surface area contributed by atoms with Gasteiger partial charge in [0, 0.05) is 18.0 Å². The SMILES string of the molecule is NS(=O)(=O)c1c(F)cc(-c2c(-c3cccnc3)noc2CO)cc1F. The van der Waals surface area contributed by atoms with Crippen LogP contribution in [0.15, 0.2) is 46.1 Å². The Balaban J connectivity index is 2.26. The van der Waals surface area contributed by atoms with E-state index in [2.05, 4.69) is 10.1 Å². The van der Waals surface area contributed by atoms with Crippen molar-refractivity contribution in [3.05, 3.63) is 54.1 Å². The third-order valence-corrected chi connectivity index (χ3v) is 4.37. The van der Waals surface area contributed by atoms with Gasteiger partial charge >= 0.3 is 0 Å². The van der Waals surface area contributed by atoms with E-state index in [-0.39, 0.29) is 22.6 Å². The molecule has 0 saturated carbocycles. The van der Waals surface area contributed by atoms with Crippen LogP contribution < -0.4 is 5.14 Å². The summed E-state index contributed by atoms with van der Waals surface area (Å²) in [4.78, 5) is 2.69. The number of nitrogens with two attached hydrogens (primary N) is 1. The molecule has 0 fully saturated rings. The fourth-order valence-corrected chi connectivity index (χ4v) is 3.07. The lowest BCUT2D eigenvalue weighted by atomic mass is 10.00. The molecule has 0 saturated heterocycles. The summed E-state index contributed by atoms with van der Waals surface area (Å²) in [5.41, 5.74) is 0.734. The van der Waals surface area contributed by atoms with Gasteiger partial charge in [-0.2, -0.15) is 0 Å². The van der Waals surface area contributed by atoms with Crippen LogP contribution in [0.2, 0.25) is 0 Å². The molecular formula is C15H11F2N3O4S. The first-order chi connectivity index (χ1) is 11.8. The average Bonchev–Trinajstić information content (AvgIpc) is 2.97. The Bertz CT molecular complexity index is 1010. The van der Waals surface area contributed by atoms with Crippen LogP contribution in [0.3, 0.4) is 0 Å². The number of halogens is 2. The Morgan fingerprint density at radius 2 is 1.88 bits per heavy atom. The predicted octanol–water partition coefficient (Wildman–Crippen LogP) is 1.82. The largest absolute Gasteiger partial charge is 0.388 e. The highest BCUT2D eigenvalue weighted by Crippen LogP contribution is 2.36. The maximum atomic E-state index is 14.1.